The van der Waals surface area contributed by atoms with Crippen molar-refractivity contribution in [3.8, 4) is 11.5 Å². The summed E-state index contributed by atoms with van der Waals surface area (Å²) in [6.07, 6.45) is 0. The molecule has 0 fully saturated rings. The number of benzene rings is 1. The van der Waals surface area contributed by atoms with Gasteiger partial charge in [0.2, 0.25) is 5.91 Å². The summed E-state index contributed by atoms with van der Waals surface area (Å²) in [5.74, 6) is 1.28. The number of rotatable bonds is 3. The number of fused-ring (bicyclic) bond motifs is 1. The molecule has 0 radical (unpaired) electrons. The number of hydrogen-bond acceptors (Lipinski definition) is 3. The van der Waals surface area contributed by atoms with E-state index in [4.69, 9.17) is 21.1 Å². The molecule has 0 saturated carbocycles. The molecular formula is C13H16ClNO3. The summed E-state index contributed by atoms with van der Waals surface area (Å²) in [7, 11) is 0. The minimum atomic E-state index is -0.537. The third kappa shape index (κ3) is 2.88. The lowest BCUT2D eigenvalue weighted by Gasteiger charge is -2.21. The van der Waals surface area contributed by atoms with Gasteiger partial charge in [-0.2, -0.15) is 0 Å². The van der Waals surface area contributed by atoms with Gasteiger partial charge >= 0.3 is 0 Å². The van der Waals surface area contributed by atoms with E-state index in [-0.39, 0.29) is 11.9 Å². The van der Waals surface area contributed by atoms with Gasteiger partial charge in [0, 0.05) is 0 Å². The largest absolute Gasteiger partial charge is 0.486 e. The van der Waals surface area contributed by atoms with E-state index in [0.717, 1.165) is 17.1 Å². The predicted molar refractivity (Wildman–Crippen MR) is 69.3 cm³/mol. The van der Waals surface area contributed by atoms with Crippen molar-refractivity contribution in [2.75, 3.05) is 13.2 Å². The first-order valence-corrected chi connectivity index (χ1v) is 6.35. The average molecular weight is 270 g/mol. The zero-order chi connectivity index (χ0) is 13.1. The van der Waals surface area contributed by atoms with Crippen molar-refractivity contribution in [2.45, 2.75) is 25.3 Å². The van der Waals surface area contributed by atoms with Crippen LogP contribution in [0.25, 0.3) is 0 Å². The highest BCUT2D eigenvalue weighted by atomic mass is 35.5. The molecule has 0 aromatic heterocycles. The fourth-order valence-electron chi connectivity index (χ4n) is 1.74. The molecule has 2 unspecified atom stereocenters. The summed E-state index contributed by atoms with van der Waals surface area (Å²) in [6.45, 7) is 4.67. The van der Waals surface area contributed by atoms with Crippen LogP contribution in [0.3, 0.4) is 0 Å². The van der Waals surface area contributed by atoms with Crippen molar-refractivity contribution in [2.24, 2.45) is 0 Å². The minimum absolute atomic E-state index is 0.116. The molecule has 0 aliphatic carbocycles. The van der Waals surface area contributed by atoms with Crippen molar-refractivity contribution >= 4 is 17.5 Å². The minimum Gasteiger partial charge on any atom is -0.486 e. The van der Waals surface area contributed by atoms with Crippen LogP contribution in [0, 0.1) is 0 Å². The fraction of sp³-hybridized carbons (Fsp3) is 0.462. The van der Waals surface area contributed by atoms with E-state index in [2.05, 4.69) is 5.32 Å². The Balaban J connectivity index is 2.11. The number of halogens is 1. The zero-order valence-corrected chi connectivity index (χ0v) is 11.2. The molecule has 4 nitrogen and oxygen atoms in total. The zero-order valence-electron chi connectivity index (χ0n) is 10.4. The van der Waals surface area contributed by atoms with Crippen molar-refractivity contribution in [1.82, 2.24) is 5.32 Å². The monoisotopic (exact) mass is 269 g/mol. The van der Waals surface area contributed by atoms with Crippen LogP contribution in [0.5, 0.6) is 11.5 Å². The van der Waals surface area contributed by atoms with Gasteiger partial charge in [0.15, 0.2) is 11.5 Å². The molecule has 1 aromatic carbocycles. The molecule has 1 aliphatic heterocycles. The quantitative estimate of drug-likeness (QED) is 0.857. The second-order valence-corrected chi connectivity index (χ2v) is 4.90. The van der Waals surface area contributed by atoms with E-state index in [9.17, 15) is 4.79 Å². The summed E-state index contributed by atoms with van der Waals surface area (Å²) in [5.41, 5.74) is 0.963. The summed E-state index contributed by atoms with van der Waals surface area (Å²) >= 11 is 5.72. The third-order valence-electron chi connectivity index (χ3n) is 2.79. The number of alkyl halides is 1. The SMILES string of the molecule is CC(Cl)C(=O)NC(C)c1ccc2c(c1)OCCO2. The number of nitrogens with one attached hydrogen (secondary N) is 1. The number of ether oxygens (including phenoxy) is 2. The molecule has 0 saturated heterocycles. The normalized spacial score (nSPS) is 16.8. The summed E-state index contributed by atoms with van der Waals surface area (Å²) in [5, 5.41) is 2.30. The maximum atomic E-state index is 11.5. The molecule has 1 aromatic rings. The van der Waals surface area contributed by atoms with Gasteiger partial charge in [0.25, 0.3) is 0 Å². The number of hydrogen-bond donors (Lipinski definition) is 1. The highest BCUT2D eigenvalue weighted by Gasteiger charge is 2.17. The van der Waals surface area contributed by atoms with E-state index >= 15 is 0 Å². The Kier molecular flexibility index (Phi) is 3.97. The van der Waals surface area contributed by atoms with Gasteiger partial charge in [-0.05, 0) is 31.5 Å². The van der Waals surface area contributed by atoms with Crippen LogP contribution in [0.1, 0.15) is 25.5 Å². The Morgan fingerprint density at radius 3 is 2.61 bits per heavy atom. The molecule has 1 N–H and O–H groups in total. The Morgan fingerprint density at radius 2 is 1.94 bits per heavy atom. The lowest BCUT2D eigenvalue weighted by atomic mass is 10.1. The molecule has 0 spiro atoms. The topological polar surface area (TPSA) is 47.6 Å². The van der Waals surface area contributed by atoms with Crippen LogP contribution < -0.4 is 14.8 Å². The van der Waals surface area contributed by atoms with Crippen LogP contribution in [0.2, 0.25) is 0 Å². The lowest BCUT2D eigenvalue weighted by Crippen LogP contribution is -2.32. The number of carbonyl (C=O) groups is 1. The maximum Gasteiger partial charge on any atom is 0.238 e. The van der Waals surface area contributed by atoms with E-state index in [0.29, 0.717) is 13.2 Å². The highest BCUT2D eigenvalue weighted by molar-refractivity contribution is 6.30. The predicted octanol–water partition coefficient (Wildman–Crippen LogP) is 2.26. The van der Waals surface area contributed by atoms with Crippen LogP contribution >= 0.6 is 11.6 Å². The van der Waals surface area contributed by atoms with Crippen molar-refractivity contribution in [1.29, 1.82) is 0 Å². The first-order valence-electron chi connectivity index (χ1n) is 5.92. The van der Waals surface area contributed by atoms with Gasteiger partial charge in [-0.3, -0.25) is 4.79 Å². The molecule has 1 aliphatic rings. The van der Waals surface area contributed by atoms with Gasteiger partial charge in [-0.25, -0.2) is 0 Å². The second-order valence-electron chi connectivity index (χ2n) is 4.25. The summed E-state index contributed by atoms with van der Waals surface area (Å²) in [4.78, 5) is 11.5. The van der Waals surface area contributed by atoms with Crippen molar-refractivity contribution in [3.63, 3.8) is 0 Å². The Hall–Kier alpha value is -1.42. The molecule has 0 bridgehead atoms. The van der Waals surface area contributed by atoms with Crippen LogP contribution in [-0.2, 0) is 4.79 Å². The van der Waals surface area contributed by atoms with E-state index in [1.165, 1.54) is 0 Å². The van der Waals surface area contributed by atoms with E-state index in [1.807, 2.05) is 25.1 Å². The van der Waals surface area contributed by atoms with Crippen molar-refractivity contribution in [3.05, 3.63) is 23.8 Å². The van der Waals surface area contributed by atoms with E-state index < -0.39 is 5.38 Å². The third-order valence-corrected chi connectivity index (χ3v) is 2.98. The molecule has 5 heteroatoms. The molecule has 1 amide bonds. The van der Waals surface area contributed by atoms with Crippen LogP contribution in [-0.4, -0.2) is 24.5 Å². The summed E-state index contributed by atoms with van der Waals surface area (Å²) in [6, 6.07) is 5.54. The van der Waals surface area contributed by atoms with Crippen LogP contribution in [0.4, 0.5) is 0 Å². The van der Waals surface area contributed by atoms with Gasteiger partial charge in [-0.1, -0.05) is 6.07 Å². The van der Waals surface area contributed by atoms with Gasteiger partial charge < -0.3 is 14.8 Å². The van der Waals surface area contributed by atoms with Gasteiger partial charge in [-0.15, -0.1) is 11.6 Å². The Morgan fingerprint density at radius 1 is 1.28 bits per heavy atom. The Labute approximate surface area is 111 Å². The molecule has 2 rings (SSSR count). The molecule has 18 heavy (non-hydrogen) atoms. The average Bonchev–Trinajstić information content (AvgIpc) is 2.37. The first-order chi connectivity index (χ1) is 8.58. The van der Waals surface area contributed by atoms with Crippen LogP contribution in [0.15, 0.2) is 18.2 Å². The maximum absolute atomic E-state index is 11.5. The van der Waals surface area contributed by atoms with Gasteiger partial charge in [0.1, 0.15) is 18.6 Å². The molecular weight excluding hydrogens is 254 g/mol. The van der Waals surface area contributed by atoms with E-state index in [1.54, 1.807) is 6.92 Å². The highest BCUT2D eigenvalue weighted by Crippen LogP contribution is 2.32. The smallest absolute Gasteiger partial charge is 0.238 e. The molecule has 2 atom stereocenters. The summed E-state index contributed by atoms with van der Waals surface area (Å²) < 4.78 is 10.9. The standard InChI is InChI=1S/C13H16ClNO3/c1-8(14)13(16)15-9(2)10-3-4-11-12(7-10)18-6-5-17-11/h3-4,7-9H,5-6H2,1-2H3,(H,15,16). The molecule has 1 heterocycles. The number of carbonyl (C=O) groups excluding carboxylic acids is 1. The first kappa shape index (κ1) is 13.0. The van der Waals surface area contributed by atoms with Crippen molar-refractivity contribution < 1.29 is 14.3 Å². The second kappa shape index (κ2) is 5.48. The fourth-order valence-corrected chi connectivity index (χ4v) is 1.80. The molecule has 98 valence electrons. The Bertz CT molecular complexity index is 448. The van der Waals surface area contributed by atoms with Gasteiger partial charge in [0.05, 0.1) is 6.04 Å². The number of amides is 1. The lowest BCUT2D eigenvalue weighted by molar-refractivity contribution is -0.121.